The first kappa shape index (κ1) is 9.79. The number of nitrogens with two attached hydrogens (primary N) is 1. The van der Waals surface area contributed by atoms with Crippen molar-refractivity contribution in [3.8, 4) is 0 Å². The predicted octanol–water partition coefficient (Wildman–Crippen LogP) is -1.85. The SMILES string of the molecule is Cl.NNC(=O)Cc1nn[nH]n1. The average Bonchev–Trinajstić information content (AvgIpc) is 2.40. The molecule has 0 aliphatic heterocycles. The van der Waals surface area contributed by atoms with Gasteiger partial charge in [0, 0.05) is 0 Å². The highest BCUT2D eigenvalue weighted by molar-refractivity contribution is 5.85. The van der Waals surface area contributed by atoms with Gasteiger partial charge >= 0.3 is 0 Å². The molecule has 1 aromatic rings. The monoisotopic (exact) mass is 178 g/mol. The number of amides is 1. The summed E-state index contributed by atoms with van der Waals surface area (Å²) in [5.41, 5.74) is 1.94. The Bertz CT molecular complexity index is 210. The molecule has 62 valence electrons. The molecule has 4 N–H and O–H groups in total. The number of nitrogens with one attached hydrogen (secondary N) is 2. The number of tetrazole rings is 1. The zero-order valence-corrected chi connectivity index (χ0v) is 6.26. The van der Waals surface area contributed by atoms with Crippen LogP contribution in [0, 0.1) is 0 Å². The Morgan fingerprint density at radius 2 is 2.45 bits per heavy atom. The predicted molar refractivity (Wildman–Crippen MR) is 37.5 cm³/mol. The van der Waals surface area contributed by atoms with E-state index in [-0.39, 0.29) is 24.7 Å². The summed E-state index contributed by atoms with van der Waals surface area (Å²) in [4.78, 5) is 10.5. The van der Waals surface area contributed by atoms with Crippen LogP contribution < -0.4 is 11.3 Å². The molecule has 0 spiro atoms. The molecule has 0 saturated carbocycles. The van der Waals surface area contributed by atoms with Crippen LogP contribution in [0.2, 0.25) is 0 Å². The number of aromatic nitrogens is 4. The largest absolute Gasteiger partial charge is 0.294 e. The lowest BCUT2D eigenvalue weighted by Gasteiger charge is -1.91. The highest BCUT2D eigenvalue weighted by Gasteiger charge is 2.03. The van der Waals surface area contributed by atoms with Crippen LogP contribution in [0.4, 0.5) is 0 Å². The highest BCUT2D eigenvalue weighted by atomic mass is 35.5. The molecule has 0 unspecified atom stereocenters. The maximum absolute atomic E-state index is 10.5. The molecular weight excluding hydrogens is 172 g/mol. The third-order valence-electron chi connectivity index (χ3n) is 0.869. The van der Waals surface area contributed by atoms with Gasteiger partial charge in [-0.05, 0) is 0 Å². The lowest BCUT2D eigenvalue weighted by atomic mass is 10.4. The van der Waals surface area contributed by atoms with Gasteiger partial charge in [-0.15, -0.1) is 22.6 Å². The van der Waals surface area contributed by atoms with Crippen molar-refractivity contribution in [2.24, 2.45) is 5.84 Å². The first-order valence-corrected chi connectivity index (χ1v) is 2.54. The third-order valence-corrected chi connectivity index (χ3v) is 0.869. The third kappa shape index (κ3) is 2.92. The van der Waals surface area contributed by atoms with Crippen LogP contribution >= 0.6 is 12.4 Å². The van der Waals surface area contributed by atoms with Crippen LogP contribution in [0.3, 0.4) is 0 Å². The van der Waals surface area contributed by atoms with E-state index in [4.69, 9.17) is 5.84 Å². The molecule has 0 fully saturated rings. The number of rotatable bonds is 2. The van der Waals surface area contributed by atoms with Gasteiger partial charge in [-0.25, -0.2) is 5.84 Å². The van der Waals surface area contributed by atoms with Crippen molar-refractivity contribution in [1.29, 1.82) is 0 Å². The summed E-state index contributed by atoms with van der Waals surface area (Å²) in [5, 5.41) is 12.5. The van der Waals surface area contributed by atoms with E-state index in [9.17, 15) is 4.79 Å². The Hall–Kier alpha value is -1.21. The smallest absolute Gasteiger partial charge is 0.241 e. The highest BCUT2D eigenvalue weighted by Crippen LogP contribution is 1.82. The van der Waals surface area contributed by atoms with Gasteiger partial charge in [0.05, 0.1) is 6.42 Å². The van der Waals surface area contributed by atoms with Gasteiger partial charge in [-0.3, -0.25) is 10.2 Å². The van der Waals surface area contributed by atoms with Gasteiger partial charge in [-0.2, -0.15) is 5.21 Å². The Kier molecular flexibility index (Phi) is 4.08. The van der Waals surface area contributed by atoms with Crippen molar-refractivity contribution in [3.05, 3.63) is 5.82 Å². The summed E-state index contributed by atoms with van der Waals surface area (Å²) in [6.45, 7) is 0. The van der Waals surface area contributed by atoms with Crippen LogP contribution in [0.25, 0.3) is 0 Å². The molecule has 0 saturated heterocycles. The number of halogens is 1. The van der Waals surface area contributed by atoms with Crippen LogP contribution in [0.15, 0.2) is 0 Å². The van der Waals surface area contributed by atoms with E-state index in [1.54, 1.807) is 0 Å². The minimum absolute atomic E-state index is 0. The van der Waals surface area contributed by atoms with Crippen LogP contribution in [-0.2, 0) is 11.2 Å². The summed E-state index contributed by atoms with van der Waals surface area (Å²) in [7, 11) is 0. The van der Waals surface area contributed by atoms with Crippen molar-refractivity contribution in [2.45, 2.75) is 6.42 Å². The molecule has 11 heavy (non-hydrogen) atoms. The van der Waals surface area contributed by atoms with Gasteiger partial charge < -0.3 is 0 Å². The molecule has 1 aromatic heterocycles. The van der Waals surface area contributed by atoms with Crippen LogP contribution in [0.5, 0.6) is 0 Å². The summed E-state index contributed by atoms with van der Waals surface area (Å²) in [6.07, 6.45) is 0.0486. The summed E-state index contributed by atoms with van der Waals surface area (Å²) in [5.74, 6) is 4.78. The number of carbonyl (C=O) groups is 1. The molecule has 1 heterocycles. The molecule has 0 atom stereocenters. The number of aromatic amines is 1. The summed E-state index contributed by atoms with van der Waals surface area (Å²) >= 11 is 0. The van der Waals surface area contributed by atoms with Crippen molar-refractivity contribution in [1.82, 2.24) is 26.0 Å². The van der Waals surface area contributed by atoms with Crippen molar-refractivity contribution in [2.75, 3.05) is 0 Å². The van der Waals surface area contributed by atoms with Crippen LogP contribution in [0.1, 0.15) is 5.82 Å². The van der Waals surface area contributed by atoms with Gasteiger partial charge in [0.25, 0.3) is 0 Å². The minimum atomic E-state index is -0.346. The fourth-order valence-corrected chi connectivity index (χ4v) is 0.452. The topological polar surface area (TPSA) is 110 Å². The quantitative estimate of drug-likeness (QED) is 0.280. The lowest BCUT2D eigenvalue weighted by molar-refractivity contribution is -0.120. The zero-order chi connectivity index (χ0) is 7.40. The van der Waals surface area contributed by atoms with Crippen LogP contribution in [-0.4, -0.2) is 26.5 Å². The number of hydrogen-bond donors (Lipinski definition) is 3. The Morgan fingerprint density at radius 3 is 2.91 bits per heavy atom. The lowest BCUT2D eigenvalue weighted by Crippen LogP contribution is -2.31. The number of hydrazine groups is 1. The van der Waals surface area contributed by atoms with E-state index < -0.39 is 0 Å². The number of nitrogens with zero attached hydrogens (tertiary/aromatic N) is 3. The maximum Gasteiger partial charge on any atom is 0.241 e. The standard InChI is InChI=1S/C3H6N6O.ClH/c4-5-3(10)1-2-6-8-9-7-2;/h1,4H2,(H,5,10)(H,6,7,8,9);1H. The van der Waals surface area contributed by atoms with Crippen molar-refractivity contribution < 1.29 is 4.79 Å². The Balaban J connectivity index is 0.000001000. The molecule has 7 nitrogen and oxygen atoms in total. The normalized spacial score (nSPS) is 8.45. The van der Waals surface area contributed by atoms with Gasteiger partial charge in [-0.1, -0.05) is 5.21 Å². The minimum Gasteiger partial charge on any atom is -0.294 e. The Labute approximate surface area is 68.1 Å². The fraction of sp³-hybridized carbons (Fsp3) is 0.333. The first-order valence-electron chi connectivity index (χ1n) is 2.54. The second-order valence-electron chi connectivity index (χ2n) is 1.57. The molecule has 0 aliphatic rings. The maximum atomic E-state index is 10.5. The van der Waals surface area contributed by atoms with E-state index in [0.717, 1.165) is 0 Å². The number of H-pyrrole nitrogens is 1. The molecule has 0 radical (unpaired) electrons. The molecule has 0 aliphatic carbocycles. The molecule has 1 amide bonds. The zero-order valence-electron chi connectivity index (χ0n) is 5.44. The van der Waals surface area contributed by atoms with E-state index in [2.05, 4.69) is 20.6 Å². The molecule has 8 heteroatoms. The second-order valence-corrected chi connectivity index (χ2v) is 1.57. The van der Waals surface area contributed by atoms with Gasteiger partial charge in [0.15, 0.2) is 5.82 Å². The van der Waals surface area contributed by atoms with E-state index in [1.165, 1.54) is 0 Å². The van der Waals surface area contributed by atoms with Crippen molar-refractivity contribution >= 4 is 18.3 Å². The molecule has 1 rings (SSSR count). The van der Waals surface area contributed by atoms with Gasteiger partial charge in [0.1, 0.15) is 0 Å². The molecular formula is C3H7ClN6O. The number of carbonyl (C=O) groups excluding carboxylic acids is 1. The van der Waals surface area contributed by atoms with Gasteiger partial charge in [0.2, 0.25) is 5.91 Å². The first-order chi connectivity index (χ1) is 4.83. The second kappa shape index (κ2) is 4.58. The average molecular weight is 179 g/mol. The number of hydrogen-bond acceptors (Lipinski definition) is 5. The van der Waals surface area contributed by atoms with E-state index in [0.29, 0.717) is 5.82 Å². The summed E-state index contributed by atoms with van der Waals surface area (Å²) in [6, 6.07) is 0. The molecule has 0 aromatic carbocycles. The van der Waals surface area contributed by atoms with E-state index in [1.807, 2.05) is 5.43 Å². The molecule has 0 bridgehead atoms. The van der Waals surface area contributed by atoms with E-state index >= 15 is 0 Å². The fourth-order valence-electron chi connectivity index (χ4n) is 0.452. The van der Waals surface area contributed by atoms with Crippen molar-refractivity contribution in [3.63, 3.8) is 0 Å². The Morgan fingerprint density at radius 1 is 1.73 bits per heavy atom. The summed E-state index contributed by atoms with van der Waals surface area (Å²) < 4.78 is 0.